The van der Waals surface area contributed by atoms with E-state index in [1.165, 1.54) is 6.42 Å². The lowest BCUT2D eigenvalue weighted by Gasteiger charge is -2.62. The molecule has 2 amide bonds. The van der Waals surface area contributed by atoms with Crippen molar-refractivity contribution in [2.75, 3.05) is 0 Å². The molecule has 2 aromatic rings. The Hall–Kier alpha value is -2.63. The van der Waals surface area contributed by atoms with Gasteiger partial charge in [-0.15, -0.1) is 0 Å². The first-order chi connectivity index (χ1) is 14.6. The Morgan fingerprint density at radius 2 is 1.68 bits per heavy atom. The highest BCUT2D eigenvalue weighted by atomic mass is 16.6. The van der Waals surface area contributed by atoms with Crippen molar-refractivity contribution in [2.45, 2.75) is 76.0 Å². The molecule has 1 aromatic carbocycles. The number of fused-ring (bicyclic) bond motifs is 1. The van der Waals surface area contributed by atoms with Gasteiger partial charge in [0.1, 0.15) is 5.60 Å². The van der Waals surface area contributed by atoms with Crippen molar-refractivity contribution >= 4 is 22.9 Å². The Bertz CT molecular complexity index is 1030. The highest BCUT2D eigenvalue weighted by Crippen LogP contribution is 2.57. The fourth-order valence-electron chi connectivity index (χ4n) is 6.58. The summed E-state index contributed by atoms with van der Waals surface area (Å²) in [6.45, 7) is 5.64. The number of nitrogens with zero attached hydrogens (tertiary/aromatic N) is 1. The number of aromatic nitrogens is 1. The molecule has 2 atom stereocenters. The number of benzene rings is 1. The molecule has 6 nitrogen and oxygen atoms in total. The zero-order valence-electron chi connectivity index (χ0n) is 18.5. The van der Waals surface area contributed by atoms with E-state index in [-0.39, 0.29) is 23.1 Å². The number of para-hydroxylation sites is 1. The molecule has 2 unspecified atom stereocenters. The van der Waals surface area contributed by atoms with Gasteiger partial charge in [-0.3, -0.25) is 9.78 Å². The van der Waals surface area contributed by atoms with E-state index in [2.05, 4.69) is 15.6 Å². The van der Waals surface area contributed by atoms with Gasteiger partial charge in [-0.1, -0.05) is 18.2 Å². The molecule has 31 heavy (non-hydrogen) atoms. The molecule has 0 spiro atoms. The van der Waals surface area contributed by atoms with Crippen molar-refractivity contribution in [1.82, 2.24) is 15.6 Å². The predicted octanol–water partition coefficient (Wildman–Crippen LogP) is 4.58. The number of amides is 2. The van der Waals surface area contributed by atoms with Crippen LogP contribution in [0, 0.1) is 11.8 Å². The maximum absolute atomic E-state index is 13.2. The van der Waals surface area contributed by atoms with Gasteiger partial charge in [-0.25, -0.2) is 4.79 Å². The number of ether oxygens (including phenoxy) is 1. The maximum atomic E-state index is 13.2. The van der Waals surface area contributed by atoms with Crippen LogP contribution in [0.4, 0.5) is 4.79 Å². The van der Waals surface area contributed by atoms with Crippen molar-refractivity contribution in [3.8, 4) is 0 Å². The first kappa shape index (κ1) is 20.3. The number of carbonyl (C=O) groups is 2. The molecule has 0 radical (unpaired) electrons. The van der Waals surface area contributed by atoms with Gasteiger partial charge in [0.2, 0.25) is 0 Å². The van der Waals surface area contributed by atoms with Crippen LogP contribution in [0.15, 0.2) is 36.5 Å². The van der Waals surface area contributed by atoms with Crippen LogP contribution in [0.3, 0.4) is 0 Å². The van der Waals surface area contributed by atoms with E-state index in [4.69, 9.17) is 4.74 Å². The summed E-state index contributed by atoms with van der Waals surface area (Å²) < 4.78 is 5.56. The van der Waals surface area contributed by atoms with E-state index >= 15 is 0 Å². The second-order valence-electron chi connectivity index (χ2n) is 11.0. The summed E-state index contributed by atoms with van der Waals surface area (Å²) in [4.78, 5) is 30.3. The Balaban J connectivity index is 1.36. The molecule has 2 N–H and O–H groups in total. The molecule has 4 aliphatic rings. The zero-order valence-corrected chi connectivity index (χ0v) is 18.5. The van der Waals surface area contributed by atoms with Gasteiger partial charge in [-0.05, 0) is 83.3 Å². The molecule has 4 fully saturated rings. The van der Waals surface area contributed by atoms with Crippen LogP contribution in [0.5, 0.6) is 0 Å². The quantitative estimate of drug-likeness (QED) is 0.760. The van der Waals surface area contributed by atoms with Crippen LogP contribution in [-0.4, -0.2) is 33.7 Å². The average Bonchev–Trinajstić information content (AvgIpc) is 2.64. The van der Waals surface area contributed by atoms with Gasteiger partial charge in [0.25, 0.3) is 5.91 Å². The van der Waals surface area contributed by atoms with Crippen LogP contribution in [-0.2, 0) is 4.74 Å². The Morgan fingerprint density at radius 3 is 2.35 bits per heavy atom. The fourth-order valence-corrected chi connectivity index (χ4v) is 6.58. The largest absolute Gasteiger partial charge is 0.444 e. The lowest BCUT2D eigenvalue weighted by atomic mass is 9.50. The number of rotatable bonds is 3. The minimum atomic E-state index is -0.526. The second-order valence-corrected chi connectivity index (χ2v) is 11.0. The molecule has 1 heterocycles. The van der Waals surface area contributed by atoms with Crippen molar-refractivity contribution < 1.29 is 14.3 Å². The first-order valence-electron chi connectivity index (χ1n) is 11.3. The van der Waals surface area contributed by atoms with Crippen molar-refractivity contribution in [3.63, 3.8) is 0 Å². The first-order valence-corrected chi connectivity index (χ1v) is 11.3. The molecular weight excluding hydrogens is 390 g/mol. The minimum Gasteiger partial charge on any atom is -0.444 e. The summed E-state index contributed by atoms with van der Waals surface area (Å²) in [6, 6.07) is 9.73. The lowest BCUT2D eigenvalue weighted by Crippen LogP contribution is -2.70. The molecule has 0 saturated heterocycles. The van der Waals surface area contributed by atoms with Crippen LogP contribution in [0.1, 0.15) is 69.7 Å². The predicted molar refractivity (Wildman–Crippen MR) is 119 cm³/mol. The van der Waals surface area contributed by atoms with Crippen LogP contribution >= 0.6 is 0 Å². The summed E-state index contributed by atoms with van der Waals surface area (Å²) >= 11 is 0. The molecule has 4 saturated carbocycles. The third-order valence-electron chi connectivity index (χ3n) is 7.06. The Morgan fingerprint density at radius 1 is 1.03 bits per heavy atom. The van der Waals surface area contributed by atoms with Crippen molar-refractivity contribution in [2.24, 2.45) is 11.8 Å². The van der Waals surface area contributed by atoms with Crippen LogP contribution < -0.4 is 10.6 Å². The summed E-state index contributed by atoms with van der Waals surface area (Å²) in [5.74, 6) is 0.963. The zero-order chi connectivity index (χ0) is 21.9. The average molecular weight is 422 g/mol. The molecule has 6 rings (SSSR count). The third-order valence-corrected chi connectivity index (χ3v) is 7.06. The van der Waals surface area contributed by atoms with Gasteiger partial charge in [0.15, 0.2) is 0 Å². The molecule has 6 heteroatoms. The third kappa shape index (κ3) is 4.00. The van der Waals surface area contributed by atoms with E-state index in [1.54, 1.807) is 6.20 Å². The number of nitrogens with one attached hydrogen (secondary N) is 2. The number of hydrogen-bond donors (Lipinski definition) is 2. The summed E-state index contributed by atoms with van der Waals surface area (Å²) in [7, 11) is 0. The molecule has 164 valence electrons. The van der Waals surface area contributed by atoms with E-state index in [9.17, 15) is 9.59 Å². The van der Waals surface area contributed by atoms with Crippen molar-refractivity contribution in [3.05, 3.63) is 42.1 Å². The smallest absolute Gasteiger partial charge is 0.408 e. The van der Waals surface area contributed by atoms with Gasteiger partial charge in [0, 0.05) is 22.7 Å². The van der Waals surface area contributed by atoms with Gasteiger partial charge in [-0.2, -0.15) is 0 Å². The summed E-state index contributed by atoms with van der Waals surface area (Å²) in [6.07, 6.45) is 7.16. The molecule has 1 aromatic heterocycles. The van der Waals surface area contributed by atoms with E-state index in [1.807, 2.05) is 51.1 Å². The fraction of sp³-hybridized carbons (Fsp3) is 0.560. The topological polar surface area (TPSA) is 80.3 Å². The highest BCUT2D eigenvalue weighted by molar-refractivity contribution is 5.97. The molecule has 4 aliphatic carbocycles. The monoisotopic (exact) mass is 421 g/mol. The van der Waals surface area contributed by atoms with E-state index < -0.39 is 5.60 Å². The van der Waals surface area contributed by atoms with Gasteiger partial charge >= 0.3 is 6.09 Å². The highest BCUT2D eigenvalue weighted by Gasteiger charge is 2.59. The van der Waals surface area contributed by atoms with E-state index in [0.29, 0.717) is 17.4 Å². The minimum absolute atomic E-state index is 0.0763. The van der Waals surface area contributed by atoms with Crippen LogP contribution in [0.2, 0.25) is 0 Å². The maximum Gasteiger partial charge on any atom is 0.408 e. The standard InChI is InChI=1S/C25H31N3O3/c1-23(2,3)31-22(30)28-25-12-16-8-17(13-25)11-24(10-16,15-25)27-21(29)19-9-18-6-4-5-7-20(18)26-14-19/h4-7,9,14,16-17H,8,10-13,15H2,1-3H3,(H,27,29)(H,28,30). The number of hydrogen-bond acceptors (Lipinski definition) is 4. The van der Waals surface area contributed by atoms with Gasteiger partial charge < -0.3 is 15.4 Å². The second kappa shape index (κ2) is 6.94. The molecular formula is C25H31N3O3. The summed E-state index contributed by atoms with van der Waals surface area (Å²) in [5, 5.41) is 7.56. The van der Waals surface area contributed by atoms with E-state index in [0.717, 1.165) is 43.0 Å². The number of carbonyl (C=O) groups excluding carboxylic acids is 2. The van der Waals surface area contributed by atoms with Crippen LogP contribution in [0.25, 0.3) is 10.9 Å². The Labute approximate surface area is 183 Å². The van der Waals surface area contributed by atoms with Gasteiger partial charge in [0.05, 0.1) is 11.1 Å². The SMILES string of the molecule is CC(C)(C)OC(=O)NC12CC3CC(C1)CC(NC(=O)c1cnc4ccccc4c1)(C3)C2. The molecule has 4 bridgehead atoms. The molecule has 0 aliphatic heterocycles. The van der Waals surface area contributed by atoms with Crippen molar-refractivity contribution in [1.29, 1.82) is 0 Å². The lowest BCUT2D eigenvalue weighted by molar-refractivity contribution is -0.0509. The summed E-state index contributed by atoms with van der Waals surface area (Å²) in [5.41, 5.74) is 0.378. The number of pyridine rings is 1. The number of alkyl carbamates (subject to hydrolysis) is 1. The Kier molecular flexibility index (Phi) is 4.54. The normalized spacial score (nSPS) is 31.5.